The quantitative estimate of drug-likeness (QED) is 0.735. The summed E-state index contributed by atoms with van der Waals surface area (Å²) in [6.07, 6.45) is 4.56. The number of piperidine rings is 1. The Morgan fingerprint density at radius 1 is 1.10 bits per heavy atom. The van der Waals surface area contributed by atoms with Gasteiger partial charge in [-0.05, 0) is 37.5 Å². The van der Waals surface area contributed by atoms with Gasteiger partial charge >= 0.3 is 0 Å². The Kier molecular flexibility index (Phi) is 4.73. The van der Waals surface area contributed by atoms with Crippen LogP contribution in [-0.2, 0) is 9.53 Å². The first kappa shape index (κ1) is 20.0. The molecule has 7 nitrogen and oxygen atoms in total. The number of likely N-dealkylation sites (tertiary alicyclic amines) is 1. The summed E-state index contributed by atoms with van der Waals surface area (Å²) in [4.78, 5) is 37.6. The Balaban J connectivity index is 1.31. The van der Waals surface area contributed by atoms with Crippen LogP contribution >= 0.6 is 0 Å². The van der Waals surface area contributed by atoms with Crippen molar-refractivity contribution in [2.45, 2.75) is 50.5 Å². The van der Waals surface area contributed by atoms with Crippen LogP contribution in [0.25, 0.3) is 0 Å². The van der Waals surface area contributed by atoms with E-state index in [0.29, 0.717) is 55.7 Å². The maximum atomic E-state index is 13.7. The van der Waals surface area contributed by atoms with Gasteiger partial charge in [-0.2, -0.15) is 0 Å². The number of hydrogen-bond acceptors (Lipinski definition) is 5. The van der Waals surface area contributed by atoms with E-state index in [9.17, 15) is 18.4 Å². The van der Waals surface area contributed by atoms with Gasteiger partial charge in [-0.3, -0.25) is 9.59 Å². The highest BCUT2D eigenvalue weighted by Gasteiger charge is 2.58. The summed E-state index contributed by atoms with van der Waals surface area (Å²) in [7, 11) is 0. The summed E-state index contributed by atoms with van der Waals surface area (Å²) < 4.78 is 33.7. The van der Waals surface area contributed by atoms with Gasteiger partial charge in [0.2, 0.25) is 0 Å². The first-order valence-corrected chi connectivity index (χ1v) is 10.4. The van der Waals surface area contributed by atoms with Crippen molar-refractivity contribution in [1.29, 1.82) is 0 Å². The molecule has 0 radical (unpaired) electrons. The van der Waals surface area contributed by atoms with Gasteiger partial charge in [0.15, 0.2) is 5.60 Å². The van der Waals surface area contributed by atoms with Gasteiger partial charge in [0.05, 0.1) is 11.6 Å². The highest BCUT2D eigenvalue weighted by Crippen LogP contribution is 2.47. The van der Waals surface area contributed by atoms with E-state index < -0.39 is 29.5 Å². The highest BCUT2D eigenvalue weighted by atomic mass is 19.1. The van der Waals surface area contributed by atoms with E-state index in [-0.39, 0.29) is 11.8 Å². The minimum atomic E-state index is -0.990. The number of aromatic nitrogens is 2. The minimum Gasteiger partial charge on any atom is -0.342 e. The number of ether oxygens (including phenoxy) is 1. The van der Waals surface area contributed by atoms with Crippen LogP contribution in [0.1, 0.15) is 53.5 Å². The van der Waals surface area contributed by atoms with Crippen molar-refractivity contribution in [3.05, 3.63) is 59.2 Å². The van der Waals surface area contributed by atoms with Crippen LogP contribution in [0.5, 0.6) is 0 Å². The molecular formula is C22H22F2N4O3. The average molecular weight is 428 g/mol. The molecule has 2 aromatic rings. The fourth-order valence-corrected chi connectivity index (χ4v) is 4.90. The molecule has 2 atom stereocenters. The number of amides is 2. The second-order valence-electron chi connectivity index (χ2n) is 8.39. The Labute approximate surface area is 178 Å². The maximum absolute atomic E-state index is 13.7. The molecule has 3 aliphatic heterocycles. The first-order chi connectivity index (χ1) is 14.9. The summed E-state index contributed by atoms with van der Waals surface area (Å²) in [6.45, 7) is 2.50. The normalized spacial score (nSPS) is 24.7. The standard InChI is InChI=1S/C22H22F2N4O3/c1-13-25-11-15(12-26-13)20(29)27-6-4-22(5-7-27)21(30)28-18(2-3-19(28)31-22)14-8-16(23)10-17(24)9-14/h8-12,18-19H,2-7H2,1H3. The van der Waals surface area contributed by atoms with Crippen LogP contribution < -0.4 is 0 Å². The molecule has 2 unspecified atom stereocenters. The van der Waals surface area contributed by atoms with Crippen molar-refractivity contribution in [1.82, 2.24) is 19.8 Å². The number of fused-ring (bicyclic) bond motifs is 1. The minimum absolute atomic E-state index is 0.157. The fourth-order valence-electron chi connectivity index (χ4n) is 4.90. The molecule has 9 heteroatoms. The van der Waals surface area contributed by atoms with Crippen LogP contribution in [-0.4, -0.2) is 56.5 Å². The largest absolute Gasteiger partial charge is 0.342 e. The van der Waals surface area contributed by atoms with Gasteiger partial charge in [-0.1, -0.05) is 0 Å². The zero-order valence-electron chi connectivity index (χ0n) is 17.1. The zero-order chi connectivity index (χ0) is 21.8. The number of aryl methyl sites for hydroxylation is 1. The molecule has 31 heavy (non-hydrogen) atoms. The maximum Gasteiger partial charge on any atom is 0.257 e. The Morgan fingerprint density at radius 2 is 1.74 bits per heavy atom. The molecule has 0 aliphatic carbocycles. The molecular weight excluding hydrogens is 406 g/mol. The number of halogens is 2. The second kappa shape index (κ2) is 7.33. The van der Waals surface area contributed by atoms with E-state index in [4.69, 9.17) is 4.74 Å². The number of benzene rings is 1. The van der Waals surface area contributed by atoms with E-state index in [1.165, 1.54) is 24.5 Å². The summed E-state index contributed by atoms with van der Waals surface area (Å²) >= 11 is 0. The molecule has 5 rings (SSSR count). The van der Waals surface area contributed by atoms with Gasteiger partial charge < -0.3 is 14.5 Å². The van der Waals surface area contributed by atoms with Crippen LogP contribution in [0.15, 0.2) is 30.6 Å². The average Bonchev–Trinajstić information content (AvgIpc) is 3.26. The van der Waals surface area contributed by atoms with Crippen molar-refractivity contribution in [3.63, 3.8) is 0 Å². The van der Waals surface area contributed by atoms with Crippen molar-refractivity contribution in [3.8, 4) is 0 Å². The lowest BCUT2D eigenvalue weighted by Crippen LogP contribution is -2.51. The SMILES string of the molecule is Cc1ncc(C(=O)N2CCC3(CC2)OC2CCC(c4cc(F)cc(F)c4)N2C3=O)cn1. The third-order valence-electron chi connectivity index (χ3n) is 6.47. The predicted octanol–water partition coefficient (Wildman–Crippen LogP) is 2.76. The number of nitrogens with zero attached hydrogens (tertiary/aromatic N) is 4. The third kappa shape index (κ3) is 3.37. The van der Waals surface area contributed by atoms with Crippen molar-refractivity contribution >= 4 is 11.8 Å². The van der Waals surface area contributed by atoms with Gasteiger partial charge in [-0.15, -0.1) is 0 Å². The summed E-state index contributed by atoms with van der Waals surface area (Å²) in [5.74, 6) is -1.06. The van der Waals surface area contributed by atoms with Gasteiger partial charge in [-0.25, -0.2) is 18.7 Å². The lowest BCUT2D eigenvalue weighted by Gasteiger charge is -2.37. The highest BCUT2D eigenvalue weighted by molar-refractivity contribution is 5.94. The fraction of sp³-hybridized carbons (Fsp3) is 0.455. The Bertz CT molecular complexity index is 1020. The molecule has 1 spiro atoms. The van der Waals surface area contributed by atoms with Gasteiger partial charge in [0.1, 0.15) is 23.7 Å². The zero-order valence-corrected chi connectivity index (χ0v) is 17.1. The molecule has 1 aromatic heterocycles. The molecule has 1 aromatic carbocycles. The Hall–Kier alpha value is -2.94. The van der Waals surface area contributed by atoms with Crippen LogP contribution in [0.3, 0.4) is 0 Å². The molecule has 2 amide bonds. The summed E-state index contributed by atoms with van der Waals surface area (Å²) in [5.41, 5.74) is -0.134. The van der Waals surface area contributed by atoms with Crippen LogP contribution in [0.4, 0.5) is 8.78 Å². The van der Waals surface area contributed by atoms with E-state index >= 15 is 0 Å². The van der Waals surface area contributed by atoms with E-state index in [2.05, 4.69) is 9.97 Å². The summed E-state index contributed by atoms with van der Waals surface area (Å²) in [6, 6.07) is 2.97. The van der Waals surface area contributed by atoms with E-state index in [1.54, 1.807) is 16.7 Å². The number of hydrogen-bond donors (Lipinski definition) is 0. The molecule has 3 fully saturated rings. The monoisotopic (exact) mass is 428 g/mol. The smallest absolute Gasteiger partial charge is 0.257 e. The third-order valence-corrected chi connectivity index (χ3v) is 6.47. The lowest BCUT2D eigenvalue weighted by molar-refractivity contribution is -0.142. The first-order valence-electron chi connectivity index (χ1n) is 10.4. The summed E-state index contributed by atoms with van der Waals surface area (Å²) in [5, 5.41) is 0. The topological polar surface area (TPSA) is 75.6 Å². The second-order valence-corrected chi connectivity index (χ2v) is 8.39. The molecule has 162 valence electrons. The predicted molar refractivity (Wildman–Crippen MR) is 105 cm³/mol. The van der Waals surface area contributed by atoms with Crippen molar-refractivity contribution in [2.24, 2.45) is 0 Å². The van der Waals surface area contributed by atoms with Crippen LogP contribution in [0, 0.1) is 18.6 Å². The number of rotatable bonds is 2. The molecule has 4 heterocycles. The molecule has 3 saturated heterocycles. The van der Waals surface area contributed by atoms with Crippen molar-refractivity contribution in [2.75, 3.05) is 13.1 Å². The number of carbonyl (C=O) groups excluding carboxylic acids is 2. The van der Waals surface area contributed by atoms with E-state index in [0.717, 1.165) is 6.07 Å². The number of carbonyl (C=O) groups is 2. The molecule has 0 bridgehead atoms. The van der Waals surface area contributed by atoms with Crippen LogP contribution in [0.2, 0.25) is 0 Å². The molecule has 0 N–H and O–H groups in total. The lowest BCUT2D eigenvalue weighted by atomic mass is 9.89. The van der Waals surface area contributed by atoms with Gasteiger partial charge in [0.25, 0.3) is 11.8 Å². The van der Waals surface area contributed by atoms with Crippen molar-refractivity contribution < 1.29 is 23.1 Å². The van der Waals surface area contributed by atoms with E-state index in [1.807, 2.05) is 0 Å². The Morgan fingerprint density at radius 3 is 2.39 bits per heavy atom. The molecule has 0 saturated carbocycles. The van der Waals surface area contributed by atoms with Gasteiger partial charge in [0, 0.05) is 44.4 Å². The molecule has 3 aliphatic rings.